The molecule has 3 heterocycles. The van der Waals surface area contributed by atoms with Crippen LogP contribution < -0.4 is 11.1 Å². The Bertz CT molecular complexity index is 1040. The second-order valence-corrected chi connectivity index (χ2v) is 5.66. The average molecular weight is 348 g/mol. The van der Waals surface area contributed by atoms with Gasteiger partial charge in [-0.2, -0.15) is 4.98 Å². The maximum atomic E-state index is 12.5. The summed E-state index contributed by atoms with van der Waals surface area (Å²) in [7, 11) is 0. The molecule has 3 N–H and O–H groups in total. The molecule has 4 aromatic rings. The number of imidazole rings is 1. The summed E-state index contributed by atoms with van der Waals surface area (Å²) in [5, 5.41) is 2.86. The highest BCUT2D eigenvalue weighted by Crippen LogP contribution is 2.25. The molecule has 1 aromatic carbocycles. The number of carbonyl (C=O) groups excluding carboxylic acids is 1. The topological polar surface area (TPSA) is 112 Å². The minimum absolute atomic E-state index is 0.0442. The molecule has 0 spiro atoms. The largest absolute Gasteiger partial charge is 0.463 e. The van der Waals surface area contributed by atoms with Gasteiger partial charge in [-0.25, -0.2) is 19.3 Å². The summed E-state index contributed by atoms with van der Waals surface area (Å²) >= 11 is 0. The maximum Gasteiger partial charge on any atom is 0.328 e. The molecule has 1 amide bonds. The maximum absolute atomic E-state index is 12.5. The number of nitrogens with zero attached hydrogens (tertiary/aromatic N) is 4. The van der Waals surface area contributed by atoms with E-state index >= 15 is 0 Å². The van der Waals surface area contributed by atoms with Gasteiger partial charge in [0.2, 0.25) is 5.95 Å². The first kappa shape index (κ1) is 15.8. The highest BCUT2D eigenvalue weighted by molar-refractivity contribution is 5.93. The molecule has 0 atom stereocenters. The van der Waals surface area contributed by atoms with Crippen LogP contribution in [0.5, 0.6) is 0 Å². The normalized spacial score (nSPS) is 10.9. The van der Waals surface area contributed by atoms with E-state index in [0.717, 1.165) is 12.0 Å². The number of nitrogens with one attached hydrogen (secondary N) is 1. The van der Waals surface area contributed by atoms with Gasteiger partial charge in [-0.15, -0.1) is 0 Å². The number of rotatable bonds is 4. The lowest BCUT2D eigenvalue weighted by molar-refractivity contribution is 0.243. The summed E-state index contributed by atoms with van der Waals surface area (Å²) in [5.41, 5.74) is 8.18. The van der Waals surface area contributed by atoms with Crippen LogP contribution in [0.4, 0.5) is 10.7 Å². The van der Waals surface area contributed by atoms with E-state index in [1.807, 2.05) is 30.3 Å². The Balaban J connectivity index is 1.58. The zero-order valence-corrected chi connectivity index (χ0v) is 13.8. The SMILES string of the molecule is Nc1nc(-c2ccco2)c2ncn(C(=O)NCCc3ccccc3)c2n1. The van der Waals surface area contributed by atoms with E-state index in [1.54, 1.807) is 12.1 Å². The Morgan fingerprint density at radius 3 is 2.77 bits per heavy atom. The average Bonchev–Trinajstić information content (AvgIpc) is 3.32. The van der Waals surface area contributed by atoms with Crippen molar-refractivity contribution >= 4 is 23.1 Å². The van der Waals surface area contributed by atoms with Crippen molar-refractivity contribution in [3.8, 4) is 11.5 Å². The minimum atomic E-state index is -0.327. The first-order valence-corrected chi connectivity index (χ1v) is 8.09. The molecule has 0 saturated heterocycles. The van der Waals surface area contributed by atoms with Crippen molar-refractivity contribution in [3.63, 3.8) is 0 Å². The minimum Gasteiger partial charge on any atom is -0.463 e. The van der Waals surface area contributed by atoms with Gasteiger partial charge >= 0.3 is 6.03 Å². The molecular weight excluding hydrogens is 332 g/mol. The number of furan rings is 1. The number of anilines is 1. The number of aromatic nitrogens is 4. The molecule has 130 valence electrons. The van der Waals surface area contributed by atoms with Gasteiger partial charge in [0.05, 0.1) is 6.26 Å². The summed E-state index contributed by atoms with van der Waals surface area (Å²) in [6.07, 6.45) is 3.67. The molecule has 0 aliphatic heterocycles. The number of carbonyl (C=O) groups is 1. The lowest BCUT2D eigenvalue weighted by Gasteiger charge is -2.07. The number of hydrogen-bond acceptors (Lipinski definition) is 6. The van der Waals surface area contributed by atoms with Gasteiger partial charge in [0.1, 0.15) is 17.5 Å². The molecule has 0 unspecified atom stereocenters. The Morgan fingerprint density at radius 1 is 1.15 bits per heavy atom. The van der Waals surface area contributed by atoms with Crippen molar-refractivity contribution in [1.29, 1.82) is 0 Å². The van der Waals surface area contributed by atoms with E-state index < -0.39 is 0 Å². The van der Waals surface area contributed by atoms with Gasteiger partial charge in [-0.1, -0.05) is 30.3 Å². The number of hydrogen-bond donors (Lipinski definition) is 2. The van der Waals surface area contributed by atoms with E-state index in [0.29, 0.717) is 29.2 Å². The molecule has 0 radical (unpaired) electrons. The fourth-order valence-electron chi connectivity index (χ4n) is 2.69. The van der Waals surface area contributed by atoms with Crippen LogP contribution in [-0.2, 0) is 6.42 Å². The predicted molar refractivity (Wildman–Crippen MR) is 96.4 cm³/mol. The number of nitrogen functional groups attached to an aromatic ring is 1. The molecule has 4 rings (SSSR count). The highest BCUT2D eigenvalue weighted by atomic mass is 16.3. The first-order valence-electron chi connectivity index (χ1n) is 8.09. The molecule has 0 aliphatic carbocycles. The van der Waals surface area contributed by atoms with Crippen molar-refractivity contribution in [3.05, 3.63) is 60.6 Å². The van der Waals surface area contributed by atoms with Crippen molar-refractivity contribution in [2.75, 3.05) is 12.3 Å². The van der Waals surface area contributed by atoms with Crippen LogP contribution in [0, 0.1) is 0 Å². The standard InChI is InChI=1S/C18H16N6O2/c19-17-22-14(13-7-4-10-26-13)15-16(23-17)24(11-21-15)18(25)20-9-8-12-5-2-1-3-6-12/h1-7,10-11H,8-9H2,(H,20,25)(H2,19,22,23). The second-order valence-electron chi connectivity index (χ2n) is 5.66. The van der Waals surface area contributed by atoms with Gasteiger partial charge in [0.25, 0.3) is 0 Å². The number of benzene rings is 1. The Labute approximate surface area is 148 Å². The van der Waals surface area contributed by atoms with Crippen LogP contribution in [0.15, 0.2) is 59.5 Å². The van der Waals surface area contributed by atoms with Gasteiger partial charge in [0, 0.05) is 6.54 Å². The third-order valence-electron chi connectivity index (χ3n) is 3.92. The summed E-state index contributed by atoms with van der Waals surface area (Å²) in [6.45, 7) is 0.494. The molecule has 0 saturated carbocycles. The molecule has 0 bridgehead atoms. The Morgan fingerprint density at radius 2 is 2.00 bits per heavy atom. The van der Waals surface area contributed by atoms with Crippen LogP contribution in [0.25, 0.3) is 22.6 Å². The van der Waals surface area contributed by atoms with Crippen molar-refractivity contribution in [1.82, 2.24) is 24.8 Å². The molecule has 8 nitrogen and oxygen atoms in total. The van der Waals surface area contributed by atoms with Crippen LogP contribution >= 0.6 is 0 Å². The quantitative estimate of drug-likeness (QED) is 0.586. The van der Waals surface area contributed by atoms with Gasteiger partial charge in [0.15, 0.2) is 11.4 Å². The molecule has 26 heavy (non-hydrogen) atoms. The zero-order chi connectivity index (χ0) is 17.9. The smallest absolute Gasteiger partial charge is 0.328 e. The highest BCUT2D eigenvalue weighted by Gasteiger charge is 2.18. The van der Waals surface area contributed by atoms with E-state index in [2.05, 4.69) is 20.3 Å². The number of fused-ring (bicyclic) bond motifs is 1. The van der Waals surface area contributed by atoms with Crippen molar-refractivity contribution < 1.29 is 9.21 Å². The van der Waals surface area contributed by atoms with Crippen LogP contribution in [0.2, 0.25) is 0 Å². The van der Waals surface area contributed by atoms with E-state index in [4.69, 9.17) is 10.2 Å². The lowest BCUT2D eigenvalue weighted by atomic mass is 10.1. The third kappa shape index (κ3) is 3.00. The Kier molecular flexibility index (Phi) is 4.06. The van der Waals surface area contributed by atoms with Crippen molar-refractivity contribution in [2.24, 2.45) is 0 Å². The van der Waals surface area contributed by atoms with Crippen LogP contribution in [-0.4, -0.2) is 32.1 Å². The monoisotopic (exact) mass is 348 g/mol. The molecule has 3 aromatic heterocycles. The van der Waals surface area contributed by atoms with Gasteiger partial charge < -0.3 is 15.5 Å². The number of nitrogens with two attached hydrogens (primary N) is 1. The number of amides is 1. The molecular formula is C18H16N6O2. The first-order chi connectivity index (χ1) is 12.7. The van der Waals surface area contributed by atoms with E-state index in [-0.39, 0.29) is 12.0 Å². The van der Waals surface area contributed by atoms with Gasteiger partial charge in [-0.05, 0) is 24.1 Å². The third-order valence-corrected chi connectivity index (χ3v) is 3.92. The summed E-state index contributed by atoms with van der Waals surface area (Å²) in [5.74, 6) is 0.557. The van der Waals surface area contributed by atoms with E-state index in [1.165, 1.54) is 17.2 Å². The second kappa shape index (κ2) is 6.67. The van der Waals surface area contributed by atoms with Gasteiger partial charge in [-0.3, -0.25) is 0 Å². The zero-order valence-electron chi connectivity index (χ0n) is 13.8. The van der Waals surface area contributed by atoms with Crippen LogP contribution in [0.1, 0.15) is 5.56 Å². The van der Waals surface area contributed by atoms with E-state index in [9.17, 15) is 4.79 Å². The predicted octanol–water partition coefficient (Wildman–Crippen LogP) is 2.47. The fourth-order valence-corrected chi connectivity index (χ4v) is 2.69. The summed E-state index contributed by atoms with van der Waals surface area (Å²) < 4.78 is 6.69. The molecule has 0 fully saturated rings. The Hall–Kier alpha value is -3.68. The van der Waals surface area contributed by atoms with Crippen LogP contribution in [0.3, 0.4) is 0 Å². The molecule has 0 aliphatic rings. The van der Waals surface area contributed by atoms with Crippen molar-refractivity contribution in [2.45, 2.75) is 6.42 Å². The fraction of sp³-hybridized carbons (Fsp3) is 0.111. The molecule has 8 heteroatoms. The summed E-state index contributed by atoms with van der Waals surface area (Å²) in [6, 6.07) is 13.1. The lowest BCUT2D eigenvalue weighted by Crippen LogP contribution is -2.30. The summed E-state index contributed by atoms with van der Waals surface area (Å²) in [4.78, 5) is 25.1.